The van der Waals surface area contributed by atoms with Crippen LogP contribution in [0.1, 0.15) is 28.8 Å². The number of amides is 1. The molecular formula is C24H25N3O2. The molecule has 1 aromatic heterocycles. The number of aromatic nitrogens is 1. The topological polar surface area (TPSA) is 54.5 Å². The van der Waals surface area contributed by atoms with Crippen molar-refractivity contribution in [1.82, 2.24) is 15.2 Å². The van der Waals surface area contributed by atoms with Crippen LogP contribution in [0.2, 0.25) is 0 Å². The van der Waals surface area contributed by atoms with Gasteiger partial charge < -0.3 is 10.1 Å². The van der Waals surface area contributed by atoms with Gasteiger partial charge in [-0.25, -0.2) is 4.98 Å². The average molecular weight is 387 g/mol. The molecule has 2 heterocycles. The zero-order chi connectivity index (χ0) is 19.9. The normalized spacial score (nSPS) is 15.0. The molecule has 0 saturated carbocycles. The summed E-state index contributed by atoms with van der Waals surface area (Å²) in [5.74, 6) is 1.06. The fraction of sp³-hybridized carbons (Fsp3) is 0.250. The van der Waals surface area contributed by atoms with Crippen LogP contribution in [-0.2, 0) is 6.54 Å². The van der Waals surface area contributed by atoms with E-state index in [0.717, 1.165) is 32.5 Å². The van der Waals surface area contributed by atoms with E-state index in [2.05, 4.69) is 39.5 Å². The Morgan fingerprint density at radius 2 is 1.79 bits per heavy atom. The molecule has 3 aromatic rings. The second-order valence-corrected chi connectivity index (χ2v) is 7.31. The van der Waals surface area contributed by atoms with E-state index in [1.807, 2.05) is 36.4 Å². The number of ether oxygens (including phenoxy) is 1. The molecule has 1 N–H and O–H groups in total. The van der Waals surface area contributed by atoms with Crippen molar-refractivity contribution >= 4 is 5.91 Å². The summed E-state index contributed by atoms with van der Waals surface area (Å²) in [7, 11) is 0. The lowest BCUT2D eigenvalue weighted by Crippen LogP contribution is -2.44. The summed E-state index contributed by atoms with van der Waals surface area (Å²) in [6.45, 7) is 2.94. The van der Waals surface area contributed by atoms with Gasteiger partial charge in [0.05, 0.1) is 0 Å². The number of hydrogen-bond donors (Lipinski definition) is 1. The fourth-order valence-electron chi connectivity index (χ4n) is 3.57. The number of carbonyl (C=O) groups is 1. The highest BCUT2D eigenvalue weighted by molar-refractivity contribution is 5.94. The first-order chi connectivity index (χ1) is 14.3. The Balaban J connectivity index is 1.29. The van der Waals surface area contributed by atoms with Crippen molar-refractivity contribution in [2.45, 2.75) is 25.4 Å². The highest BCUT2D eigenvalue weighted by atomic mass is 16.5. The molecule has 1 aliphatic heterocycles. The number of pyridine rings is 1. The predicted molar refractivity (Wildman–Crippen MR) is 113 cm³/mol. The van der Waals surface area contributed by atoms with Gasteiger partial charge in [-0.15, -0.1) is 0 Å². The number of nitrogens with one attached hydrogen (secondary N) is 1. The first-order valence-corrected chi connectivity index (χ1v) is 10.0. The van der Waals surface area contributed by atoms with E-state index in [-0.39, 0.29) is 11.9 Å². The van der Waals surface area contributed by atoms with Gasteiger partial charge in [-0.05, 0) is 42.7 Å². The Kier molecular flexibility index (Phi) is 6.17. The summed E-state index contributed by atoms with van der Waals surface area (Å²) in [5, 5.41) is 3.17. The van der Waals surface area contributed by atoms with Gasteiger partial charge in [-0.2, -0.15) is 0 Å². The van der Waals surface area contributed by atoms with Gasteiger partial charge in [0.25, 0.3) is 5.91 Å². The number of piperidine rings is 1. The predicted octanol–water partition coefficient (Wildman–Crippen LogP) is 4.27. The second-order valence-electron chi connectivity index (χ2n) is 7.31. The van der Waals surface area contributed by atoms with Crippen LogP contribution >= 0.6 is 0 Å². The minimum atomic E-state index is -0.0574. The molecule has 0 atom stereocenters. The van der Waals surface area contributed by atoms with Gasteiger partial charge in [0.2, 0.25) is 5.88 Å². The molecular weight excluding hydrogens is 362 g/mol. The van der Waals surface area contributed by atoms with E-state index in [1.54, 1.807) is 18.3 Å². The Morgan fingerprint density at radius 3 is 2.55 bits per heavy atom. The van der Waals surface area contributed by atoms with Gasteiger partial charge in [0.15, 0.2) is 0 Å². The molecule has 5 heteroatoms. The zero-order valence-corrected chi connectivity index (χ0v) is 16.3. The minimum Gasteiger partial charge on any atom is -0.439 e. The monoisotopic (exact) mass is 387 g/mol. The van der Waals surface area contributed by atoms with Crippen molar-refractivity contribution in [2.24, 2.45) is 0 Å². The number of carbonyl (C=O) groups excluding carboxylic acids is 1. The van der Waals surface area contributed by atoms with Crippen LogP contribution in [-0.4, -0.2) is 34.9 Å². The van der Waals surface area contributed by atoms with Gasteiger partial charge in [-0.3, -0.25) is 9.69 Å². The molecule has 4 rings (SSSR count). The van der Waals surface area contributed by atoms with E-state index in [4.69, 9.17) is 4.74 Å². The van der Waals surface area contributed by atoms with Gasteiger partial charge >= 0.3 is 0 Å². The Bertz CT molecular complexity index is 923. The summed E-state index contributed by atoms with van der Waals surface area (Å²) in [4.78, 5) is 19.3. The SMILES string of the molecule is O=C(NC1CCN(Cc2ccccc2)CC1)c1cccc(Oc2ccccn2)c1. The summed E-state index contributed by atoms with van der Waals surface area (Å²) < 4.78 is 5.73. The smallest absolute Gasteiger partial charge is 0.251 e. The van der Waals surface area contributed by atoms with E-state index in [9.17, 15) is 4.79 Å². The maximum absolute atomic E-state index is 12.7. The summed E-state index contributed by atoms with van der Waals surface area (Å²) in [5.41, 5.74) is 1.94. The summed E-state index contributed by atoms with van der Waals surface area (Å²) in [6, 6.07) is 23.4. The first-order valence-electron chi connectivity index (χ1n) is 10.0. The number of rotatable bonds is 6. The van der Waals surface area contributed by atoms with Gasteiger partial charge in [0.1, 0.15) is 5.75 Å². The molecule has 0 bridgehead atoms. The molecule has 29 heavy (non-hydrogen) atoms. The van der Waals surface area contributed by atoms with Crippen LogP contribution < -0.4 is 10.1 Å². The molecule has 0 unspecified atom stereocenters. The standard InChI is InChI=1S/C24H25N3O2/c28-24(20-9-6-10-22(17-20)29-23-11-4-5-14-25-23)26-21-12-15-27(16-13-21)18-19-7-2-1-3-8-19/h1-11,14,17,21H,12-13,15-16,18H2,(H,26,28). The van der Waals surface area contributed by atoms with Crippen molar-refractivity contribution in [3.63, 3.8) is 0 Å². The quantitative estimate of drug-likeness (QED) is 0.686. The molecule has 0 radical (unpaired) electrons. The minimum absolute atomic E-state index is 0.0574. The van der Waals surface area contributed by atoms with Crippen LogP contribution in [0.15, 0.2) is 79.0 Å². The number of hydrogen-bond acceptors (Lipinski definition) is 4. The maximum Gasteiger partial charge on any atom is 0.251 e. The first kappa shape index (κ1) is 19.2. The summed E-state index contributed by atoms with van der Waals surface area (Å²) >= 11 is 0. The van der Waals surface area contributed by atoms with E-state index in [0.29, 0.717) is 17.2 Å². The average Bonchev–Trinajstić information content (AvgIpc) is 2.77. The Morgan fingerprint density at radius 1 is 1.00 bits per heavy atom. The van der Waals surface area contributed by atoms with E-state index >= 15 is 0 Å². The fourth-order valence-corrected chi connectivity index (χ4v) is 3.57. The third kappa shape index (κ3) is 5.42. The molecule has 2 aromatic carbocycles. The highest BCUT2D eigenvalue weighted by Gasteiger charge is 2.21. The lowest BCUT2D eigenvalue weighted by atomic mass is 10.0. The molecule has 1 saturated heterocycles. The number of benzene rings is 2. The van der Waals surface area contributed by atoms with Crippen LogP contribution in [0.4, 0.5) is 0 Å². The zero-order valence-electron chi connectivity index (χ0n) is 16.3. The van der Waals surface area contributed by atoms with Crippen molar-refractivity contribution in [3.8, 4) is 11.6 Å². The largest absolute Gasteiger partial charge is 0.439 e. The molecule has 1 amide bonds. The Labute approximate surface area is 171 Å². The molecule has 1 aliphatic rings. The van der Waals surface area contributed by atoms with Crippen LogP contribution in [0.25, 0.3) is 0 Å². The molecule has 1 fully saturated rings. The highest BCUT2D eigenvalue weighted by Crippen LogP contribution is 2.20. The van der Waals surface area contributed by atoms with Crippen LogP contribution in [0.5, 0.6) is 11.6 Å². The van der Waals surface area contributed by atoms with Crippen LogP contribution in [0, 0.1) is 0 Å². The number of nitrogens with zero attached hydrogens (tertiary/aromatic N) is 2. The lowest BCUT2D eigenvalue weighted by molar-refractivity contribution is 0.0908. The van der Waals surface area contributed by atoms with E-state index in [1.165, 1.54) is 5.56 Å². The summed E-state index contributed by atoms with van der Waals surface area (Å²) in [6.07, 6.45) is 3.60. The van der Waals surface area contributed by atoms with Gasteiger partial charge in [0, 0.05) is 43.5 Å². The van der Waals surface area contributed by atoms with Gasteiger partial charge in [-0.1, -0.05) is 42.5 Å². The Hall–Kier alpha value is -3.18. The van der Waals surface area contributed by atoms with Crippen molar-refractivity contribution in [1.29, 1.82) is 0 Å². The van der Waals surface area contributed by atoms with Crippen LogP contribution in [0.3, 0.4) is 0 Å². The third-order valence-corrected chi connectivity index (χ3v) is 5.13. The van der Waals surface area contributed by atoms with Crippen molar-refractivity contribution in [2.75, 3.05) is 13.1 Å². The molecule has 0 spiro atoms. The molecule has 0 aliphatic carbocycles. The number of likely N-dealkylation sites (tertiary alicyclic amines) is 1. The third-order valence-electron chi connectivity index (χ3n) is 5.13. The molecule has 148 valence electrons. The van der Waals surface area contributed by atoms with Crippen molar-refractivity contribution < 1.29 is 9.53 Å². The molecule has 5 nitrogen and oxygen atoms in total. The lowest BCUT2D eigenvalue weighted by Gasteiger charge is -2.32. The second kappa shape index (κ2) is 9.34. The maximum atomic E-state index is 12.7. The van der Waals surface area contributed by atoms with Crippen molar-refractivity contribution in [3.05, 3.63) is 90.1 Å². The van der Waals surface area contributed by atoms with E-state index < -0.39 is 0 Å².